The first-order chi connectivity index (χ1) is 11.9. The SMILES string of the molecule is COc1ccc(NC(=O)/C(C#N)=C/c2ccc(C(C)C)cc2)cc1Cl. The minimum absolute atomic E-state index is 0.0178. The fourth-order valence-electron chi connectivity index (χ4n) is 2.23. The molecule has 0 spiro atoms. The van der Waals surface area contributed by atoms with Crippen LogP contribution < -0.4 is 10.1 Å². The Hall–Kier alpha value is -2.77. The Kier molecular flexibility index (Phi) is 6.21. The molecule has 5 heteroatoms. The van der Waals surface area contributed by atoms with E-state index in [-0.39, 0.29) is 5.57 Å². The first-order valence-corrected chi connectivity index (χ1v) is 8.19. The van der Waals surface area contributed by atoms with Crippen LogP contribution >= 0.6 is 11.6 Å². The van der Waals surface area contributed by atoms with E-state index >= 15 is 0 Å². The summed E-state index contributed by atoms with van der Waals surface area (Å²) >= 11 is 6.04. The summed E-state index contributed by atoms with van der Waals surface area (Å²) in [4.78, 5) is 12.3. The Labute approximate surface area is 152 Å². The van der Waals surface area contributed by atoms with Gasteiger partial charge in [0.15, 0.2) is 0 Å². The van der Waals surface area contributed by atoms with Crippen LogP contribution in [-0.2, 0) is 4.79 Å². The third-order valence-electron chi connectivity index (χ3n) is 3.69. The van der Waals surface area contributed by atoms with Crippen LogP contribution in [0.15, 0.2) is 48.0 Å². The molecule has 0 saturated carbocycles. The van der Waals surface area contributed by atoms with Crippen LogP contribution in [0.4, 0.5) is 5.69 Å². The van der Waals surface area contributed by atoms with Gasteiger partial charge in [-0.05, 0) is 41.3 Å². The summed E-state index contributed by atoms with van der Waals surface area (Å²) in [5.74, 6) is 0.453. The molecule has 0 aliphatic rings. The number of hydrogen-bond acceptors (Lipinski definition) is 3. The Balaban J connectivity index is 2.18. The average Bonchev–Trinajstić information content (AvgIpc) is 2.60. The molecule has 128 valence electrons. The lowest BCUT2D eigenvalue weighted by molar-refractivity contribution is -0.112. The number of nitrogens with one attached hydrogen (secondary N) is 1. The number of methoxy groups -OCH3 is 1. The van der Waals surface area contributed by atoms with Crippen molar-refractivity contribution in [1.29, 1.82) is 5.26 Å². The zero-order valence-corrected chi connectivity index (χ0v) is 15.1. The minimum Gasteiger partial charge on any atom is -0.495 e. The van der Waals surface area contributed by atoms with Crippen LogP contribution in [0.25, 0.3) is 6.08 Å². The summed E-state index contributed by atoms with van der Waals surface area (Å²) in [6, 6.07) is 14.6. The maximum atomic E-state index is 12.3. The van der Waals surface area contributed by atoms with Gasteiger partial charge in [-0.1, -0.05) is 49.7 Å². The molecule has 0 fully saturated rings. The van der Waals surface area contributed by atoms with Gasteiger partial charge < -0.3 is 10.1 Å². The second kappa shape index (κ2) is 8.36. The Bertz CT molecular complexity index is 834. The molecule has 0 atom stereocenters. The highest BCUT2D eigenvalue weighted by atomic mass is 35.5. The van der Waals surface area contributed by atoms with Gasteiger partial charge in [-0.25, -0.2) is 0 Å². The van der Waals surface area contributed by atoms with Gasteiger partial charge in [0.05, 0.1) is 12.1 Å². The van der Waals surface area contributed by atoms with Gasteiger partial charge >= 0.3 is 0 Å². The van der Waals surface area contributed by atoms with Crippen molar-refractivity contribution in [1.82, 2.24) is 0 Å². The molecule has 0 heterocycles. The predicted octanol–water partition coefficient (Wildman–Crippen LogP) is 5.02. The zero-order valence-electron chi connectivity index (χ0n) is 14.3. The third-order valence-corrected chi connectivity index (χ3v) is 3.98. The number of nitrogens with zero attached hydrogens (tertiary/aromatic N) is 1. The molecule has 0 unspecified atom stereocenters. The number of nitriles is 1. The van der Waals surface area contributed by atoms with Crippen LogP contribution in [0.3, 0.4) is 0 Å². The maximum absolute atomic E-state index is 12.3. The van der Waals surface area contributed by atoms with E-state index < -0.39 is 5.91 Å². The summed E-state index contributed by atoms with van der Waals surface area (Å²) in [6.45, 7) is 4.22. The van der Waals surface area contributed by atoms with E-state index in [2.05, 4.69) is 19.2 Å². The van der Waals surface area contributed by atoms with E-state index in [0.717, 1.165) is 5.56 Å². The van der Waals surface area contributed by atoms with E-state index in [9.17, 15) is 10.1 Å². The van der Waals surface area contributed by atoms with Crippen molar-refractivity contribution in [3.05, 3.63) is 64.2 Å². The standard InChI is InChI=1S/C20H19ClN2O2/c1-13(2)15-6-4-14(5-7-15)10-16(12-22)20(24)23-17-8-9-19(25-3)18(21)11-17/h4-11,13H,1-3H3,(H,23,24)/b16-10+. The van der Waals surface area contributed by atoms with Crippen molar-refractivity contribution < 1.29 is 9.53 Å². The fourth-order valence-corrected chi connectivity index (χ4v) is 2.49. The highest BCUT2D eigenvalue weighted by Gasteiger charge is 2.11. The molecule has 4 nitrogen and oxygen atoms in total. The largest absolute Gasteiger partial charge is 0.495 e. The lowest BCUT2D eigenvalue weighted by atomic mass is 10.0. The number of anilines is 1. The van der Waals surface area contributed by atoms with Gasteiger partial charge in [-0.3, -0.25) is 4.79 Å². The van der Waals surface area contributed by atoms with Crippen LogP contribution in [0, 0.1) is 11.3 Å². The lowest BCUT2D eigenvalue weighted by Gasteiger charge is -2.08. The molecule has 0 bridgehead atoms. The number of hydrogen-bond donors (Lipinski definition) is 1. The molecule has 2 aromatic carbocycles. The van der Waals surface area contributed by atoms with Gasteiger partial charge in [0.2, 0.25) is 0 Å². The smallest absolute Gasteiger partial charge is 0.266 e. The number of amides is 1. The monoisotopic (exact) mass is 354 g/mol. The summed E-state index contributed by atoms with van der Waals surface area (Å²) in [7, 11) is 1.51. The van der Waals surface area contributed by atoms with E-state index in [0.29, 0.717) is 22.4 Å². The lowest BCUT2D eigenvalue weighted by Crippen LogP contribution is -2.13. The Morgan fingerprint density at radius 1 is 1.24 bits per heavy atom. The van der Waals surface area contributed by atoms with Crippen LogP contribution in [0.5, 0.6) is 5.75 Å². The van der Waals surface area contributed by atoms with Crippen molar-refractivity contribution in [2.75, 3.05) is 12.4 Å². The molecule has 0 aromatic heterocycles. The molecule has 25 heavy (non-hydrogen) atoms. The van der Waals surface area contributed by atoms with Gasteiger partial charge in [0.25, 0.3) is 5.91 Å². The summed E-state index contributed by atoms with van der Waals surface area (Å²) < 4.78 is 5.07. The summed E-state index contributed by atoms with van der Waals surface area (Å²) in [5.41, 5.74) is 2.51. The topological polar surface area (TPSA) is 62.1 Å². The summed E-state index contributed by atoms with van der Waals surface area (Å²) in [6.07, 6.45) is 1.56. The quantitative estimate of drug-likeness (QED) is 0.605. The number of benzene rings is 2. The van der Waals surface area contributed by atoms with Crippen molar-refractivity contribution in [2.45, 2.75) is 19.8 Å². The molecule has 0 radical (unpaired) electrons. The van der Waals surface area contributed by atoms with Gasteiger partial charge in [0.1, 0.15) is 17.4 Å². The highest BCUT2D eigenvalue weighted by Crippen LogP contribution is 2.27. The molecule has 1 N–H and O–H groups in total. The molecule has 2 rings (SSSR count). The Morgan fingerprint density at radius 2 is 1.92 bits per heavy atom. The molecular formula is C20H19ClN2O2. The summed E-state index contributed by atoms with van der Waals surface area (Å²) in [5, 5.41) is 12.3. The normalized spacial score (nSPS) is 11.1. The van der Waals surface area contributed by atoms with Gasteiger partial charge in [0, 0.05) is 5.69 Å². The highest BCUT2D eigenvalue weighted by molar-refractivity contribution is 6.32. The minimum atomic E-state index is -0.489. The van der Waals surface area contributed by atoms with Gasteiger partial charge in [-0.2, -0.15) is 5.26 Å². The molecular weight excluding hydrogens is 336 g/mol. The van der Waals surface area contributed by atoms with Crippen LogP contribution in [0.1, 0.15) is 30.9 Å². The van der Waals surface area contributed by atoms with Crippen molar-refractivity contribution in [3.8, 4) is 11.8 Å². The first kappa shape index (κ1) is 18.6. The van der Waals surface area contributed by atoms with E-state index in [1.165, 1.54) is 12.7 Å². The number of halogens is 1. The third kappa shape index (κ3) is 4.85. The number of ether oxygens (including phenoxy) is 1. The molecule has 0 saturated heterocycles. The zero-order chi connectivity index (χ0) is 18.4. The predicted molar refractivity (Wildman–Crippen MR) is 101 cm³/mol. The maximum Gasteiger partial charge on any atom is 0.266 e. The van der Waals surface area contributed by atoms with Crippen molar-refractivity contribution in [2.24, 2.45) is 0 Å². The molecule has 0 aliphatic carbocycles. The van der Waals surface area contributed by atoms with Crippen molar-refractivity contribution >= 4 is 29.3 Å². The molecule has 1 amide bonds. The number of carbonyl (C=O) groups is 1. The van der Waals surface area contributed by atoms with E-state index in [4.69, 9.17) is 16.3 Å². The fraction of sp³-hybridized carbons (Fsp3) is 0.200. The number of rotatable bonds is 5. The van der Waals surface area contributed by atoms with Gasteiger partial charge in [-0.15, -0.1) is 0 Å². The van der Waals surface area contributed by atoms with Crippen LogP contribution in [0.2, 0.25) is 5.02 Å². The number of carbonyl (C=O) groups excluding carboxylic acids is 1. The van der Waals surface area contributed by atoms with E-state index in [1.54, 1.807) is 24.3 Å². The first-order valence-electron chi connectivity index (χ1n) is 7.81. The second-order valence-corrected chi connectivity index (χ2v) is 6.20. The van der Waals surface area contributed by atoms with Crippen LogP contribution in [-0.4, -0.2) is 13.0 Å². The Morgan fingerprint density at radius 3 is 2.44 bits per heavy atom. The average molecular weight is 355 g/mol. The van der Waals surface area contributed by atoms with E-state index in [1.807, 2.05) is 30.3 Å². The van der Waals surface area contributed by atoms with Crippen molar-refractivity contribution in [3.63, 3.8) is 0 Å². The molecule has 2 aromatic rings. The second-order valence-electron chi connectivity index (χ2n) is 5.79. The molecule has 0 aliphatic heterocycles.